The quantitative estimate of drug-likeness (QED) is 0.738. The van der Waals surface area contributed by atoms with Gasteiger partial charge in [-0.2, -0.15) is 0 Å². The van der Waals surface area contributed by atoms with E-state index >= 15 is 0 Å². The van der Waals surface area contributed by atoms with Crippen LogP contribution in [0.2, 0.25) is 0 Å². The summed E-state index contributed by atoms with van der Waals surface area (Å²) in [5, 5.41) is 1.86. The van der Waals surface area contributed by atoms with E-state index in [0.29, 0.717) is 5.56 Å². The zero-order valence-corrected chi connectivity index (χ0v) is 14.6. The standard InChI is InChI=1S/C21H19N3O2/c1-24(2)20(25)10-5-14-3-6-15(7-4-14)19-13-23-12-17-9-8-16(21(22)26)11-18(17)19/h3-13H,1-2H3,(H2,22,26). The number of amides is 2. The Morgan fingerprint density at radius 3 is 2.42 bits per heavy atom. The fraction of sp³-hybridized carbons (Fsp3) is 0.0952. The summed E-state index contributed by atoms with van der Waals surface area (Å²) in [7, 11) is 3.42. The molecule has 0 atom stereocenters. The number of rotatable bonds is 4. The molecule has 0 saturated carbocycles. The summed E-state index contributed by atoms with van der Waals surface area (Å²) < 4.78 is 0. The van der Waals surface area contributed by atoms with Gasteiger partial charge in [0.05, 0.1) is 0 Å². The number of carbonyl (C=O) groups excluding carboxylic acids is 2. The van der Waals surface area contributed by atoms with E-state index in [1.807, 2.05) is 30.3 Å². The average Bonchev–Trinajstić information content (AvgIpc) is 2.65. The van der Waals surface area contributed by atoms with Crippen LogP contribution < -0.4 is 5.73 Å². The maximum Gasteiger partial charge on any atom is 0.248 e. The number of fused-ring (bicyclic) bond motifs is 1. The minimum absolute atomic E-state index is 0.0636. The molecule has 1 aromatic heterocycles. The van der Waals surface area contributed by atoms with Crippen LogP contribution >= 0.6 is 0 Å². The van der Waals surface area contributed by atoms with E-state index in [4.69, 9.17) is 5.73 Å². The van der Waals surface area contributed by atoms with Gasteiger partial charge in [-0.1, -0.05) is 30.3 Å². The van der Waals surface area contributed by atoms with E-state index in [9.17, 15) is 9.59 Å². The fourth-order valence-corrected chi connectivity index (χ4v) is 2.64. The zero-order chi connectivity index (χ0) is 18.7. The first-order valence-corrected chi connectivity index (χ1v) is 8.13. The van der Waals surface area contributed by atoms with Crippen molar-refractivity contribution in [3.05, 3.63) is 72.1 Å². The van der Waals surface area contributed by atoms with Crippen molar-refractivity contribution < 1.29 is 9.59 Å². The highest BCUT2D eigenvalue weighted by molar-refractivity contribution is 6.02. The van der Waals surface area contributed by atoms with Crippen molar-refractivity contribution in [2.45, 2.75) is 0 Å². The maximum absolute atomic E-state index is 11.6. The second-order valence-electron chi connectivity index (χ2n) is 6.18. The summed E-state index contributed by atoms with van der Waals surface area (Å²) in [6.45, 7) is 0. The lowest BCUT2D eigenvalue weighted by atomic mass is 9.98. The lowest BCUT2D eigenvalue weighted by Gasteiger charge is -2.08. The first kappa shape index (κ1) is 17.4. The van der Waals surface area contributed by atoms with Gasteiger partial charge in [-0.15, -0.1) is 0 Å². The molecular formula is C21H19N3O2. The van der Waals surface area contributed by atoms with E-state index in [1.54, 1.807) is 44.7 Å². The predicted molar refractivity (Wildman–Crippen MR) is 103 cm³/mol. The van der Waals surface area contributed by atoms with Crippen molar-refractivity contribution in [1.29, 1.82) is 0 Å². The summed E-state index contributed by atoms with van der Waals surface area (Å²) in [6.07, 6.45) is 6.84. The smallest absolute Gasteiger partial charge is 0.248 e. The monoisotopic (exact) mass is 345 g/mol. The lowest BCUT2D eigenvalue weighted by Crippen LogP contribution is -2.18. The van der Waals surface area contributed by atoms with E-state index in [2.05, 4.69) is 4.98 Å². The Labute approximate surface area is 151 Å². The Bertz CT molecular complexity index is 1010. The number of nitrogens with two attached hydrogens (primary N) is 1. The number of pyridine rings is 1. The highest BCUT2D eigenvalue weighted by atomic mass is 16.2. The van der Waals surface area contributed by atoms with E-state index < -0.39 is 5.91 Å². The Balaban J connectivity index is 1.98. The molecule has 1 heterocycles. The van der Waals surface area contributed by atoms with Crippen molar-refractivity contribution in [3.63, 3.8) is 0 Å². The Hall–Kier alpha value is -3.47. The summed E-state index contributed by atoms with van der Waals surface area (Å²) in [5.74, 6) is -0.521. The first-order chi connectivity index (χ1) is 12.5. The highest BCUT2D eigenvalue weighted by Crippen LogP contribution is 2.28. The second-order valence-corrected chi connectivity index (χ2v) is 6.18. The number of nitrogens with zero attached hydrogens (tertiary/aromatic N) is 2. The number of primary amides is 1. The van der Waals surface area contributed by atoms with Crippen LogP contribution in [0.5, 0.6) is 0 Å². The molecule has 5 nitrogen and oxygen atoms in total. The molecular weight excluding hydrogens is 326 g/mol. The highest BCUT2D eigenvalue weighted by Gasteiger charge is 2.08. The largest absolute Gasteiger partial charge is 0.366 e. The molecule has 0 radical (unpaired) electrons. The summed E-state index contributed by atoms with van der Waals surface area (Å²) in [4.78, 5) is 28.9. The van der Waals surface area contributed by atoms with E-state index in [-0.39, 0.29) is 5.91 Å². The van der Waals surface area contributed by atoms with Gasteiger partial charge in [0, 0.05) is 49.1 Å². The van der Waals surface area contributed by atoms with Crippen molar-refractivity contribution in [2.75, 3.05) is 14.1 Å². The van der Waals surface area contributed by atoms with Crippen molar-refractivity contribution in [3.8, 4) is 11.1 Å². The normalized spacial score (nSPS) is 11.0. The Morgan fingerprint density at radius 2 is 1.77 bits per heavy atom. The molecule has 3 aromatic rings. The molecule has 2 N–H and O–H groups in total. The topological polar surface area (TPSA) is 76.3 Å². The number of aromatic nitrogens is 1. The van der Waals surface area contributed by atoms with Gasteiger partial charge in [-0.05, 0) is 34.7 Å². The fourth-order valence-electron chi connectivity index (χ4n) is 2.64. The van der Waals surface area contributed by atoms with Crippen LogP contribution in [0.4, 0.5) is 0 Å². The Kier molecular flexibility index (Phi) is 4.80. The Morgan fingerprint density at radius 1 is 1.04 bits per heavy atom. The van der Waals surface area contributed by atoms with E-state index in [1.165, 1.54) is 11.0 Å². The minimum Gasteiger partial charge on any atom is -0.366 e. The van der Waals surface area contributed by atoms with Crippen LogP contribution in [0.25, 0.3) is 28.0 Å². The molecule has 5 heteroatoms. The molecule has 0 aliphatic rings. The molecule has 0 bridgehead atoms. The number of carbonyl (C=O) groups is 2. The van der Waals surface area contributed by atoms with Crippen LogP contribution in [0, 0.1) is 0 Å². The molecule has 130 valence electrons. The molecule has 0 aliphatic heterocycles. The van der Waals surface area contributed by atoms with Gasteiger partial charge in [0.1, 0.15) is 0 Å². The van der Waals surface area contributed by atoms with E-state index in [0.717, 1.165) is 27.5 Å². The zero-order valence-electron chi connectivity index (χ0n) is 14.6. The van der Waals surface area contributed by atoms with Gasteiger partial charge in [0.25, 0.3) is 0 Å². The molecule has 0 fully saturated rings. The van der Waals surface area contributed by atoms with Crippen LogP contribution in [0.3, 0.4) is 0 Å². The first-order valence-electron chi connectivity index (χ1n) is 8.13. The summed E-state index contributed by atoms with van der Waals surface area (Å²) >= 11 is 0. The number of hydrogen-bond acceptors (Lipinski definition) is 3. The SMILES string of the molecule is CN(C)C(=O)C=Cc1ccc(-c2cncc3ccc(C(N)=O)cc23)cc1. The molecule has 0 aliphatic carbocycles. The number of hydrogen-bond donors (Lipinski definition) is 1. The third kappa shape index (κ3) is 3.62. The lowest BCUT2D eigenvalue weighted by molar-refractivity contribution is -0.123. The molecule has 2 amide bonds. The van der Waals surface area contributed by atoms with Gasteiger partial charge in [0.2, 0.25) is 11.8 Å². The summed E-state index contributed by atoms with van der Waals surface area (Å²) in [5.41, 5.74) is 8.68. The summed E-state index contributed by atoms with van der Waals surface area (Å²) in [6, 6.07) is 13.1. The molecule has 0 unspecified atom stereocenters. The average molecular weight is 345 g/mol. The predicted octanol–water partition coefficient (Wildman–Crippen LogP) is 3.10. The van der Waals surface area contributed by atoms with Gasteiger partial charge in [0.15, 0.2) is 0 Å². The van der Waals surface area contributed by atoms with Crippen LogP contribution in [0.1, 0.15) is 15.9 Å². The molecule has 0 spiro atoms. The molecule has 3 rings (SSSR count). The van der Waals surface area contributed by atoms with Gasteiger partial charge >= 0.3 is 0 Å². The number of likely N-dealkylation sites (N-methyl/N-ethyl adjacent to an activating group) is 1. The third-order valence-electron chi connectivity index (χ3n) is 4.13. The molecule has 26 heavy (non-hydrogen) atoms. The van der Waals surface area contributed by atoms with Gasteiger partial charge < -0.3 is 10.6 Å². The van der Waals surface area contributed by atoms with Crippen LogP contribution in [-0.4, -0.2) is 35.8 Å². The van der Waals surface area contributed by atoms with Gasteiger partial charge in [-0.25, -0.2) is 0 Å². The third-order valence-corrected chi connectivity index (χ3v) is 4.13. The molecule has 2 aromatic carbocycles. The van der Waals surface area contributed by atoms with Crippen LogP contribution in [-0.2, 0) is 4.79 Å². The second kappa shape index (κ2) is 7.19. The van der Waals surface area contributed by atoms with Crippen molar-refractivity contribution >= 4 is 28.7 Å². The van der Waals surface area contributed by atoms with Crippen molar-refractivity contribution in [2.24, 2.45) is 5.73 Å². The van der Waals surface area contributed by atoms with Crippen molar-refractivity contribution in [1.82, 2.24) is 9.88 Å². The minimum atomic E-state index is -0.458. The van der Waals surface area contributed by atoms with Crippen LogP contribution in [0.15, 0.2) is 60.9 Å². The molecule has 0 saturated heterocycles. The number of benzene rings is 2. The van der Waals surface area contributed by atoms with Gasteiger partial charge in [-0.3, -0.25) is 14.6 Å². The maximum atomic E-state index is 11.6.